The molecule has 274 valence electrons. The van der Waals surface area contributed by atoms with E-state index in [9.17, 15) is 20.4 Å². The Hall–Kier alpha value is -2.50. The minimum absolute atomic E-state index is 0. The van der Waals surface area contributed by atoms with E-state index < -0.39 is 11.7 Å². The van der Waals surface area contributed by atoms with Gasteiger partial charge in [0.15, 0.2) is 0 Å². The first-order valence-corrected chi connectivity index (χ1v) is 18.4. The first-order valence-electron chi connectivity index (χ1n) is 18.4. The van der Waals surface area contributed by atoms with Crippen molar-refractivity contribution < 1.29 is 51.4 Å². The Morgan fingerprint density at radius 2 is 1.62 bits per heavy atom. The summed E-state index contributed by atoms with van der Waals surface area (Å²) in [5, 5.41) is 45.5. The minimum atomic E-state index is -0.913. The predicted molar refractivity (Wildman–Crippen MR) is 191 cm³/mol. The Bertz CT molecular complexity index is 1490. The zero-order valence-electron chi connectivity index (χ0n) is 29.8. The number of piperidine rings is 3. The number of hydrogen-bond acceptors (Lipinski definition) is 7. The number of ether oxygens (including phenoxy) is 2. The van der Waals surface area contributed by atoms with Crippen LogP contribution in [0.5, 0.6) is 11.5 Å². The van der Waals surface area contributed by atoms with E-state index in [0.717, 1.165) is 53.7 Å². The van der Waals surface area contributed by atoms with Crippen LogP contribution in [0.3, 0.4) is 0 Å². The fourth-order valence-corrected chi connectivity index (χ4v) is 8.59. The highest BCUT2D eigenvalue weighted by molar-refractivity contribution is 5.37. The molecule has 3 heterocycles. The van der Waals surface area contributed by atoms with Crippen LogP contribution in [-0.2, 0) is 22.5 Å². The highest BCUT2D eigenvalue weighted by Crippen LogP contribution is 2.43. The highest BCUT2D eigenvalue weighted by atomic mass is 79.9. The van der Waals surface area contributed by atoms with Gasteiger partial charge in [-0.2, -0.15) is 0 Å². The molecule has 7 rings (SSSR count). The number of aliphatic hydroxyl groups excluding tert-OH is 2. The van der Waals surface area contributed by atoms with E-state index in [-0.39, 0.29) is 46.9 Å². The van der Waals surface area contributed by atoms with Gasteiger partial charge in [-0.1, -0.05) is 61.4 Å². The molecule has 0 amide bonds. The SMILES string of the molecule is CC(C)(NC[C@H](O)c1ccc(O)c(CO)c1)c1ccc(OCCC[N+]23CCC(CC2)[C@@H](OC[C@@](O)(c2ccccc2)C2CCCC2)C3)cc1.[Br-]. The second-order valence-corrected chi connectivity index (χ2v) is 15.4. The standard InChI is InChI=1S/C41H56N2O6.BrH/c1-40(2,42-26-38(46)31-13-18-37(45)32(25-31)28-44)33-14-16-36(17-15-33)48-24-8-21-43-22-19-30(20-23-43)39(27-43)49-29-41(47,35-11-6-7-12-35)34-9-4-3-5-10-34;/h3-5,9-10,13-18,25,30,35,38-39,42,44,46-47H,6-8,11-12,19-24,26-29H2,1-2H3;1H/t30?,38-,39-,41+,43?;/m0./s1. The molecule has 0 unspecified atom stereocenters. The van der Waals surface area contributed by atoms with Crippen LogP contribution in [0, 0.1) is 11.8 Å². The molecule has 4 fully saturated rings. The van der Waals surface area contributed by atoms with Crippen molar-refractivity contribution in [2.24, 2.45) is 11.8 Å². The quantitative estimate of drug-likeness (QED) is 0.113. The van der Waals surface area contributed by atoms with Gasteiger partial charge in [0.2, 0.25) is 0 Å². The number of nitrogens with zero attached hydrogens (tertiary/aromatic N) is 1. The third kappa shape index (κ3) is 8.92. The number of fused-ring (bicyclic) bond motifs is 3. The van der Waals surface area contributed by atoms with Crippen molar-refractivity contribution in [1.82, 2.24) is 5.32 Å². The molecule has 1 saturated carbocycles. The zero-order chi connectivity index (χ0) is 34.5. The molecule has 2 bridgehead atoms. The first-order chi connectivity index (χ1) is 23.6. The van der Waals surface area contributed by atoms with E-state index >= 15 is 0 Å². The molecule has 9 heteroatoms. The Morgan fingerprint density at radius 3 is 2.30 bits per heavy atom. The van der Waals surface area contributed by atoms with Crippen LogP contribution in [0.25, 0.3) is 0 Å². The number of benzene rings is 3. The van der Waals surface area contributed by atoms with Crippen LogP contribution < -0.4 is 27.0 Å². The summed E-state index contributed by atoms with van der Waals surface area (Å²) >= 11 is 0. The summed E-state index contributed by atoms with van der Waals surface area (Å²) < 4.78 is 14.0. The fourth-order valence-electron chi connectivity index (χ4n) is 8.59. The van der Waals surface area contributed by atoms with Gasteiger partial charge < -0.3 is 56.7 Å². The molecule has 3 saturated heterocycles. The van der Waals surface area contributed by atoms with Gasteiger partial charge in [-0.05, 0) is 73.6 Å². The van der Waals surface area contributed by atoms with E-state index in [0.29, 0.717) is 36.8 Å². The van der Waals surface area contributed by atoms with Crippen molar-refractivity contribution in [3.8, 4) is 11.5 Å². The third-order valence-corrected chi connectivity index (χ3v) is 11.9. The molecule has 0 radical (unpaired) electrons. The van der Waals surface area contributed by atoms with E-state index in [1.54, 1.807) is 12.1 Å². The maximum absolute atomic E-state index is 12.0. The molecule has 4 aliphatic rings. The number of quaternary nitrogens is 1. The van der Waals surface area contributed by atoms with E-state index in [4.69, 9.17) is 9.47 Å². The maximum atomic E-state index is 12.0. The molecule has 3 aromatic rings. The van der Waals surface area contributed by atoms with E-state index in [2.05, 4.69) is 43.4 Å². The van der Waals surface area contributed by atoms with E-state index in [1.807, 2.05) is 30.3 Å². The lowest BCUT2D eigenvalue weighted by Gasteiger charge is -2.53. The Balaban J connectivity index is 0.00000486. The Labute approximate surface area is 308 Å². The molecule has 50 heavy (non-hydrogen) atoms. The van der Waals surface area contributed by atoms with Gasteiger partial charge in [0.05, 0.1) is 45.6 Å². The highest BCUT2D eigenvalue weighted by Gasteiger charge is 2.48. The monoisotopic (exact) mass is 752 g/mol. The smallest absolute Gasteiger partial charge is 0.121 e. The summed E-state index contributed by atoms with van der Waals surface area (Å²) in [6, 6.07) is 23.2. The topological polar surface area (TPSA) is 111 Å². The summed E-state index contributed by atoms with van der Waals surface area (Å²) in [4.78, 5) is 0. The molecular weight excluding hydrogens is 696 g/mol. The molecule has 3 aromatic carbocycles. The number of nitrogens with one attached hydrogen (secondary N) is 1. The van der Waals surface area contributed by atoms with Crippen molar-refractivity contribution in [2.45, 2.75) is 88.7 Å². The Kier molecular flexibility index (Phi) is 13.1. The number of rotatable bonds is 16. The first kappa shape index (κ1) is 38.7. The molecule has 0 spiro atoms. The van der Waals surface area contributed by atoms with Crippen molar-refractivity contribution in [1.29, 1.82) is 0 Å². The van der Waals surface area contributed by atoms with Gasteiger partial charge >= 0.3 is 0 Å². The lowest BCUT2D eigenvalue weighted by atomic mass is 9.80. The van der Waals surface area contributed by atoms with Gasteiger partial charge in [-0.15, -0.1) is 0 Å². The number of aromatic hydroxyl groups is 1. The molecule has 5 N–H and O–H groups in total. The summed E-state index contributed by atoms with van der Waals surface area (Å²) in [5.41, 5.74) is 1.83. The maximum Gasteiger partial charge on any atom is 0.121 e. The van der Waals surface area contributed by atoms with Crippen LogP contribution in [0.4, 0.5) is 0 Å². The molecule has 3 atom stereocenters. The average Bonchev–Trinajstić information content (AvgIpc) is 3.69. The van der Waals surface area contributed by atoms with Gasteiger partial charge in [0.25, 0.3) is 0 Å². The lowest BCUT2D eigenvalue weighted by Crippen LogP contribution is -3.00. The second kappa shape index (κ2) is 16.9. The van der Waals surface area contributed by atoms with Crippen LogP contribution in [0.15, 0.2) is 72.8 Å². The van der Waals surface area contributed by atoms with Gasteiger partial charge in [-0.25, -0.2) is 0 Å². The minimum Gasteiger partial charge on any atom is -1.00 e. The van der Waals surface area contributed by atoms with Crippen molar-refractivity contribution >= 4 is 0 Å². The third-order valence-electron chi connectivity index (χ3n) is 11.9. The zero-order valence-corrected chi connectivity index (χ0v) is 31.4. The summed E-state index contributed by atoms with van der Waals surface area (Å²) in [6.45, 7) is 9.77. The number of hydrogen-bond donors (Lipinski definition) is 5. The Morgan fingerprint density at radius 1 is 0.920 bits per heavy atom. The van der Waals surface area contributed by atoms with Crippen LogP contribution in [-0.4, -0.2) is 77.0 Å². The van der Waals surface area contributed by atoms with Crippen molar-refractivity contribution in [3.63, 3.8) is 0 Å². The van der Waals surface area contributed by atoms with Gasteiger partial charge in [0.1, 0.15) is 29.7 Å². The van der Waals surface area contributed by atoms with Gasteiger partial charge in [0, 0.05) is 42.8 Å². The molecule has 3 aliphatic heterocycles. The number of aliphatic hydroxyl groups is 3. The average molecular weight is 754 g/mol. The van der Waals surface area contributed by atoms with Crippen LogP contribution in [0.1, 0.15) is 87.2 Å². The lowest BCUT2D eigenvalue weighted by molar-refractivity contribution is -0.946. The normalized spacial score (nSPS) is 24.0. The molecule has 8 nitrogen and oxygen atoms in total. The van der Waals surface area contributed by atoms with Crippen molar-refractivity contribution in [2.75, 3.05) is 45.9 Å². The van der Waals surface area contributed by atoms with Gasteiger partial charge in [-0.3, -0.25) is 0 Å². The predicted octanol–water partition coefficient (Wildman–Crippen LogP) is 2.92. The summed E-state index contributed by atoms with van der Waals surface area (Å²) in [5.74, 6) is 1.73. The van der Waals surface area contributed by atoms with Crippen molar-refractivity contribution in [3.05, 3.63) is 95.1 Å². The molecule has 1 aliphatic carbocycles. The summed E-state index contributed by atoms with van der Waals surface area (Å²) in [7, 11) is 0. The molecular formula is C41H57BrN2O6. The summed E-state index contributed by atoms with van der Waals surface area (Å²) in [6.07, 6.45) is 7.31. The second-order valence-electron chi connectivity index (χ2n) is 15.4. The number of halogens is 1. The fraction of sp³-hybridized carbons (Fsp3) is 0.561. The number of phenols is 1. The van der Waals surface area contributed by atoms with Crippen LogP contribution in [0.2, 0.25) is 0 Å². The van der Waals surface area contributed by atoms with Crippen LogP contribution >= 0.6 is 0 Å². The largest absolute Gasteiger partial charge is 1.00 e. The molecule has 0 aromatic heterocycles. The van der Waals surface area contributed by atoms with E-state index in [1.165, 1.54) is 44.8 Å².